The lowest BCUT2D eigenvalue weighted by Crippen LogP contribution is -2.28. The molecular weight excluding hydrogens is 342 g/mol. The van der Waals surface area contributed by atoms with Gasteiger partial charge in [-0.15, -0.1) is 12.4 Å². The summed E-state index contributed by atoms with van der Waals surface area (Å²) in [6.07, 6.45) is -0.295. The molecule has 0 aliphatic heterocycles. The fourth-order valence-electron chi connectivity index (χ4n) is 1.98. The lowest BCUT2D eigenvalue weighted by atomic mass is 9.96. The van der Waals surface area contributed by atoms with E-state index < -0.39 is 12.1 Å². The SMILES string of the molecule is Cl.N[C@H](c1cc(Br)ccc1O)[C@@H](O)Cc1ccccc1. The predicted molar refractivity (Wildman–Crippen MR) is 86.1 cm³/mol. The Hall–Kier alpha value is -1.07. The average Bonchev–Trinajstić information content (AvgIpc) is 2.42. The van der Waals surface area contributed by atoms with Crippen LogP contribution in [0.5, 0.6) is 5.75 Å². The Labute approximate surface area is 133 Å². The topological polar surface area (TPSA) is 66.5 Å². The number of aromatic hydroxyl groups is 1. The molecule has 0 amide bonds. The molecule has 0 fully saturated rings. The number of rotatable bonds is 4. The van der Waals surface area contributed by atoms with Crippen LogP contribution in [-0.4, -0.2) is 16.3 Å². The third kappa shape index (κ3) is 4.21. The van der Waals surface area contributed by atoms with E-state index in [2.05, 4.69) is 15.9 Å². The highest BCUT2D eigenvalue weighted by Gasteiger charge is 2.20. The Morgan fingerprint density at radius 2 is 1.75 bits per heavy atom. The Morgan fingerprint density at radius 1 is 1.10 bits per heavy atom. The van der Waals surface area contributed by atoms with Crippen molar-refractivity contribution < 1.29 is 10.2 Å². The molecule has 5 heteroatoms. The van der Waals surface area contributed by atoms with Crippen LogP contribution in [0.2, 0.25) is 0 Å². The van der Waals surface area contributed by atoms with Crippen molar-refractivity contribution in [2.24, 2.45) is 5.73 Å². The lowest BCUT2D eigenvalue weighted by Gasteiger charge is -2.20. The van der Waals surface area contributed by atoms with E-state index in [1.807, 2.05) is 30.3 Å². The van der Waals surface area contributed by atoms with Crippen molar-refractivity contribution in [2.45, 2.75) is 18.6 Å². The van der Waals surface area contributed by atoms with Crippen LogP contribution in [0.1, 0.15) is 17.2 Å². The molecule has 0 unspecified atom stereocenters. The fourth-order valence-corrected chi connectivity index (χ4v) is 2.36. The number of nitrogens with two attached hydrogens (primary N) is 1. The monoisotopic (exact) mass is 357 g/mol. The van der Waals surface area contributed by atoms with Gasteiger partial charge in [0.15, 0.2) is 0 Å². The first-order valence-corrected chi connectivity index (χ1v) is 6.83. The van der Waals surface area contributed by atoms with E-state index >= 15 is 0 Å². The van der Waals surface area contributed by atoms with Crippen LogP contribution in [0, 0.1) is 0 Å². The summed E-state index contributed by atoms with van der Waals surface area (Å²) < 4.78 is 0.822. The maximum atomic E-state index is 10.2. The molecule has 2 rings (SSSR count). The van der Waals surface area contributed by atoms with Crippen molar-refractivity contribution in [1.29, 1.82) is 0 Å². The molecule has 0 saturated heterocycles. The van der Waals surface area contributed by atoms with Gasteiger partial charge in [-0.05, 0) is 23.8 Å². The Balaban J connectivity index is 0.00000200. The minimum absolute atomic E-state index is 0. The van der Waals surface area contributed by atoms with Gasteiger partial charge in [-0.3, -0.25) is 0 Å². The summed E-state index contributed by atoms with van der Waals surface area (Å²) >= 11 is 3.33. The number of halogens is 2. The fraction of sp³-hybridized carbons (Fsp3) is 0.200. The Morgan fingerprint density at radius 3 is 2.40 bits per heavy atom. The maximum absolute atomic E-state index is 10.2. The molecule has 0 radical (unpaired) electrons. The van der Waals surface area contributed by atoms with Gasteiger partial charge in [0.2, 0.25) is 0 Å². The van der Waals surface area contributed by atoms with Gasteiger partial charge in [0.05, 0.1) is 12.1 Å². The number of aliphatic hydroxyl groups excluding tert-OH is 1. The summed E-state index contributed by atoms with van der Waals surface area (Å²) in [6.45, 7) is 0. The van der Waals surface area contributed by atoms with E-state index in [4.69, 9.17) is 5.73 Å². The molecule has 20 heavy (non-hydrogen) atoms. The molecule has 0 aliphatic carbocycles. The molecule has 0 spiro atoms. The zero-order valence-corrected chi connectivity index (χ0v) is 13.1. The number of phenols is 1. The largest absolute Gasteiger partial charge is 0.508 e. The van der Waals surface area contributed by atoms with Gasteiger partial charge in [0.25, 0.3) is 0 Å². The summed E-state index contributed by atoms with van der Waals surface area (Å²) in [7, 11) is 0. The van der Waals surface area contributed by atoms with E-state index in [0.29, 0.717) is 12.0 Å². The molecule has 4 N–H and O–H groups in total. The van der Waals surface area contributed by atoms with Gasteiger partial charge >= 0.3 is 0 Å². The third-order valence-corrected chi connectivity index (χ3v) is 3.54. The van der Waals surface area contributed by atoms with Crippen molar-refractivity contribution in [1.82, 2.24) is 0 Å². The molecule has 0 saturated carbocycles. The Kier molecular flexibility index (Phi) is 6.49. The van der Waals surface area contributed by atoms with E-state index in [1.54, 1.807) is 18.2 Å². The van der Waals surface area contributed by atoms with Gasteiger partial charge in [-0.25, -0.2) is 0 Å². The van der Waals surface area contributed by atoms with Gasteiger partial charge in [0, 0.05) is 16.5 Å². The van der Waals surface area contributed by atoms with Gasteiger partial charge in [0.1, 0.15) is 5.75 Å². The van der Waals surface area contributed by atoms with Crippen LogP contribution < -0.4 is 5.73 Å². The van der Waals surface area contributed by atoms with Gasteiger partial charge < -0.3 is 15.9 Å². The van der Waals surface area contributed by atoms with Crippen molar-refractivity contribution >= 4 is 28.3 Å². The standard InChI is InChI=1S/C15H16BrNO2.ClH/c16-11-6-7-13(18)12(9-11)15(17)14(19)8-10-4-2-1-3-5-10;/h1-7,9,14-15,18-19H,8,17H2;1H/t14-,15+;/m0./s1. The summed E-state index contributed by atoms with van der Waals surface area (Å²) in [6, 6.07) is 14.0. The second-order valence-electron chi connectivity index (χ2n) is 4.49. The van der Waals surface area contributed by atoms with Gasteiger partial charge in [-0.2, -0.15) is 0 Å². The van der Waals surface area contributed by atoms with Crippen molar-refractivity contribution in [3.63, 3.8) is 0 Å². The van der Waals surface area contributed by atoms with Crippen LogP contribution >= 0.6 is 28.3 Å². The number of hydrogen-bond donors (Lipinski definition) is 3. The first kappa shape index (κ1) is 17.0. The van der Waals surface area contributed by atoms with Crippen molar-refractivity contribution in [2.75, 3.05) is 0 Å². The maximum Gasteiger partial charge on any atom is 0.120 e. The Bertz CT molecular complexity index is 551. The van der Waals surface area contributed by atoms with Crippen LogP contribution in [0.3, 0.4) is 0 Å². The number of benzene rings is 2. The normalized spacial score (nSPS) is 13.3. The summed E-state index contributed by atoms with van der Waals surface area (Å²) in [5.41, 5.74) is 7.58. The van der Waals surface area contributed by atoms with Crippen LogP contribution in [0.25, 0.3) is 0 Å². The third-order valence-electron chi connectivity index (χ3n) is 3.05. The quantitative estimate of drug-likeness (QED) is 0.786. The first-order valence-electron chi connectivity index (χ1n) is 6.04. The first-order chi connectivity index (χ1) is 9.08. The molecule has 0 bridgehead atoms. The highest BCUT2D eigenvalue weighted by molar-refractivity contribution is 9.10. The molecule has 0 aromatic heterocycles. The zero-order chi connectivity index (χ0) is 13.8. The minimum atomic E-state index is -0.748. The molecular formula is C15H17BrClNO2. The van der Waals surface area contributed by atoms with Crippen molar-refractivity contribution in [3.8, 4) is 5.75 Å². The highest BCUT2D eigenvalue weighted by atomic mass is 79.9. The van der Waals surface area contributed by atoms with Gasteiger partial charge in [-0.1, -0.05) is 46.3 Å². The summed E-state index contributed by atoms with van der Waals surface area (Å²) in [5, 5.41) is 20.0. The average molecular weight is 359 g/mol. The van der Waals surface area contributed by atoms with Crippen LogP contribution in [-0.2, 0) is 6.42 Å². The molecule has 0 aliphatic rings. The predicted octanol–water partition coefficient (Wildman–Crippen LogP) is 3.18. The number of phenolic OH excluding ortho intramolecular Hbond substituents is 1. The minimum Gasteiger partial charge on any atom is -0.508 e. The number of aliphatic hydroxyl groups is 1. The molecule has 3 nitrogen and oxygen atoms in total. The second kappa shape index (κ2) is 7.64. The molecule has 2 atom stereocenters. The highest BCUT2D eigenvalue weighted by Crippen LogP contribution is 2.29. The zero-order valence-electron chi connectivity index (χ0n) is 10.7. The van der Waals surface area contributed by atoms with E-state index in [9.17, 15) is 10.2 Å². The molecule has 0 heterocycles. The van der Waals surface area contributed by atoms with Crippen LogP contribution in [0.15, 0.2) is 53.0 Å². The van der Waals surface area contributed by atoms with E-state index in [1.165, 1.54) is 0 Å². The number of hydrogen-bond acceptors (Lipinski definition) is 3. The molecule has 108 valence electrons. The molecule has 2 aromatic carbocycles. The van der Waals surface area contributed by atoms with Crippen LogP contribution in [0.4, 0.5) is 0 Å². The lowest BCUT2D eigenvalue weighted by molar-refractivity contribution is 0.143. The smallest absolute Gasteiger partial charge is 0.120 e. The van der Waals surface area contributed by atoms with Crippen molar-refractivity contribution in [3.05, 3.63) is 64.1 Å². The summed E-state index contributed by atoms with van der Waals surface area (Å²) in [4.78, 5) is 0. The second-order valence-corrected chi connectivity index (χ2v) is 5.40. The molecule has 2 aromatic rings. The summed E-state index contributed by atoms with van der Waals surface area (Å²) in [5.74, 6) is 0.0998. The van der Waals surface area contributed by atoms with E-state index in [0.717, 1.165) is 10.0 Å². The van der Waals surface area contributed by atoms with E-state index in [-0.39, 0.29) is 18.2 Å².